The van der Waals surface area contributed by atoms with Gasteiger partial charge in [0.25, 0.3) is 0 Å². The number of aliphatic hydroxyl groups excluding tert-OH is 1. The Labute approximate surface area is 101 Å². The molecule has 0 saturated carbocycles. The number of thioether (sulfide) groups is 1. The normalized spacial score (nSPS) is 14.2. The fourth-order valence-corrected chi connectivity index (χ4v) is 2.52. The van der Waals surface area contributed by atoms with Gasteiger partial charge in [0, 0.05) is 10.1 Å². The van der Waals surface area contributed by atoms with E-state index in [0.29, 0.717) is 10.8 Å². The summed E-state index contributed by atoms with van der Waals surface area (Å²) in [7, 11) is 0. The Bertz CT molecular complexity index is 395. The molecule has 0 aromatic heterocycles. The molecule has 1 N–H and O–H groups in total. The zero-order valence-corrected chi connectivity index (χ0v) is 10.7. The van der Waals surface area contributed by atoms with Crippen LogP contribution >= 0.6 is 11.8 Å². The third-order valence-corrected chi connectivity index (χ3v) is 3.84. The lowest BCUT2D eigenvalue weighted by Crippen LogP contribution is -1.99. The first-order valence-electron chi connectivity index (χ1n) is 5.47. The van der Waals surface area contributed by atoms with Crippen LogP contribution in [0.25, 0.3) is 0 Å². The molecule has 0 spiro atoms. The van der Waals surface area contributed by atoms with Crippen LogP contribution in [-0.2, 0) is 0 Å². The average molecular weight is 235 g/mol. The van der Waals surface area contributed by atoms with Crippen molar-refractivity contribution in [1.29, 1.82) is 5.26 Å². The number of benzene rings is 1. The van der Waals surface area contributed by atoms with Crippen LogP contribution in [0.5, 0.6) is 0 Å². The number of hydrogen-bond acceptors (Lipinski definition) is 3. The van der Waals surface area contributed by atoms with E-state index < -0.39 is 6.10 Å². The largest absolute Gasteiger partial charge is 0.389 e. The van der Waals surface area contributed by atoms with Gasteiger partial charge in [0.05, 0.1) is 17.7 Å². The lowest BCUT2D eigenvalue weighted by Gasteiger charge is -2.15. The van der Waals surface area contributed by atoms with Crippen LogP contribution in [0.2, 0.25) is 0 Å². The molecule has 1 rings (SSSR count). The standard InChI is InChI=1S/C13H17NOS/c1-4-9(2)16-13-7-11(8-14)5-6-12(13)10(3)15/h5-7,9-10,15H,4H2,1-3H3/t9?,10-/m1/s1. The first kappa shape index (κ1) is 13.1. The van der Waals surface area contributed by atoms with Gasteiger partial charge in [-0.1, -0.05) is 19.9 Å². The van der Waals surface area contributed by atoms with Crippen LogP contribution in [0.4, 0.5) is 0 Å². The molecule has 2 nitrogen and oxygen atoms in total. The van der Waals surface area contributed by atoms with E-state index in [9.17, 15) is 5.11 Å². The molecule has 0 heterocycles. The summed E-state index contributed by atoms with van der Waals surface area (Å²) in [4.78, 5) is 1.02. The van der Waals surface area contributed by atoms with E-state index in [1.165, 1.54) is 0 Å². The summed E-state index contributed by atoms with van der Waals surface area (Å²) in [6, 6.07) is 7.58. The van der Waals surface area contributed by atoms with E-state index in [-0.39, 0.29) is 0 Å². The first-order chi connectivity index (χ1) is 7.58. The van der Waals surface area contributed by atoms with Crippen LogP contribution < -0.4 is 0 Å². The maximum atomic E-state index is 9.66. The summed E-state index contributed by atoms with van der Waals surface area (Å²) in [6.07, 6.45) is 0.583. The monoisotopic (exact) mass is 235 g/mol. The molecule has 0 aliphatic carbocycles. The van der Waals surface area contributed by atoms with Crippen molar-refractivity contribution < 1.29 is 5.11 Å². The van der Waals surface area contributed by atoms with E-state index in [0.717, 1.165) is 16.9 Å². The second-order valence-electron chi connectivity index (χ2n) is 3.88. The maximum Gasteiger partial charge on any atom is 0.0992 e. The maximum absolute atomic E-state index is 9.66. The fraction of sp³-hybridized carbons (Fsp3) is 0.462. The second kappa shape index (κ2) is 5.93. The topological polar surface area (TPSA) is 44.0 Å². The number of rotatable bonds is 4. The zero-order valence-electron chi connectivity index (χ0n) is 9.90. The van der Waals surface area contributed by atoms with E-state index in [4.69, 9.17) is 5.26 Å². The van der Waals surface area contributed by atoms with Crippen LogP contribution in [0, 0.1) is 11.3 Å². The highest BCUT2D eigenvalue weighted by molar-refractivity contribution is 8.00. The number of nitrogens with zero attached hydrogens (tertiary/aromatic N) is 1. The van der Waals surface area contributed by atoms with E-state index >= 15 is 0 Å². The Morgan fingerprint density at radius 1 is 1.44 bits per heavy atom. The molecule has 16 heavy (non-hydrogen) atoms. The summed E-state index contributed by atoms with van der Waals surface area (Å²) in [5.74, 6) is 0. The first-order valence-corrected chi connectivity index (χ1v) is 6.35. The van der Waals surface area contributed by atoms with E-state index in [1.54, 1.807) is 24.8 Å². The van der Waals surface area contributed by atoms with Gasteiger partial charge in [-0.2, -0.15) is 5.26 Å². The van der Waals surface area contributed by atoms with Gasteiger partial charge in [0.2, 0.25) is 0 Å². The lowest BCUT2D eigenvalue weighted by atomic mass is 10.1. The van der Waals surface area contributed by atoms with Crippen molar-refractivity contribution >= 4 is 11.8 Å². The average Bonchev–Trinajstić information content (AvgIpc) is 2.28. The van der Waals surface area contributed by atoms with E-state index in [1.807, 2.05) is 12.1 Å². The van der Waals surface area contributed by atoms with Gasteiger partial charge in [-0.05, 0) is 31.0 Å². The molecule has 1 unspecified atom stereocenters. The molecule has 0 aliphatic rings. The number of aliphatic hydroxyl groups is 1. The van der Waals surface area contributed by atoms with Gasteiger partial charge in [-0.25, -0.2) is 0 Å². The SMILES string of the molecule is CCC(C)Sc1cc(C#N)ccc1[C@@H](C)O. The van der Waals surface area contributed by atoms with Gasteiger partial charge >= 0.3 is 0 Å². The molecule has 1 aromatic rings. The minimum atomic E-state index is -0.487. The predicted octanol–water partition coefficient (Wildman–Crippen LogP) is 3.50. The van der Waals surface area contributed by atoms with Gasteiger partial charge in [-0.3, -0.25) is 0 Å². The molecule has 0 fully saturated rings. The van der Waals surface area contributed by atoms with Crippen molar-refractivity contribution in [2.45, 2.75) is 43.4 Å². The predicted molar refractivity (Wildman–Crippen MR) is 67.4 cm³/mol. The van der Waals surface area contributed by atoms with E-state index in [2.05, 4.69) is 19.9 Å². The molecule has 1 aromatic carbocycles. The van der Waals surface area contributed by atoms with Gasteiger partial charge < -0.3 is 5.11 Å². The minimum absolute atomic E-state index is 0.487. The van der Waals surface area contributed by atoms with Gasteiger partial charge in [0.1, 0.15) is 0 Å². The molecule has 0 bridgehead atoms. The van der Waals surface area contributed by atoms with Crippen molar-refractivity contribution in [2.75, 3.05) is 0 Å². The Kier molecular flexibility index (Phi) is 4.85. The summed E-state index contributed by atoms with van der Waals surface area (Å²) < 4.78 is 0. The number of hydrogen-bond donors (Lipinski definition) is 1. The smallest absolute Gasteiger partial charge is 0.0992 e. The molecule has 86 valence electrons. The third-order valence-electron chi connectivity index (χ3n) is 2.50. The Morgan fingerprint density at radius 3 is 2.62 bits per heavy atom. The Hall–Kier alpha value is -0.980. The van der Waals surface area contributed by atoms with Crippen molar-refractivity contribution in [3.63, 3.8) is 0 Å². The summed E-state index contributed by atoms with van der Waals surface area (Å²) in [5, 5.41) is 19.0. The molecule has 0 aliphatic heterocycles. The van der Waals surface area contributed by atoms with Crippen molar-refractivity contribution in [3.8, 4) is 6.07 Å². The summed E-state index contributed by atoms with van der Waals surface area (Å²) in [6.45, 7) is 6.03. The molecular weight excluding hydrogens is 218 g/mol. The molecule has 2 atom stereocenters. The summed E-state index contributed by atoms with van der Waals surface area (Å²) in [5.41, 5.74) is 1.56. The Morgan fingerprint density at radius 2 is 2.12 bits per heavy atom. The van der Waals surface area contributed by atoms with Crippen molar-refractivity contribution in [3.05, 3.63) is 29.3 Å². The van der Waals surface area contributed by atoms with Crippen molar-refractivity contribution in [1.82, 2.24) is 0 Å². The van der Waals surface area contributed by atoms with Crippen molar-refractivity contribution in [2.24, 2.45) is 0 Å². The second-order valence-corrected chi connectivity index (χ2v) is 5.36. The highest BCUT2D eigenvalue weighted by atomic mass is 32.2. The highest BCUT2D eigenvalue weighted by Crippen LogP contribution is 2.32. The highest BCUT2D eigenvalue weighted by Gasteiger charge is 2.11. The molecular formula is C13H17NOS. The molecule has 3 heteroatoms. The van der Waals surface area contributed by atoms with Crippen LogP contribution in [0.3, 0.4) is 0 Å². The van der Waals surface area contributed by atoms with Crippen LogP contribution in [0.15, 0.2) is 23.1 Å². The van der Waals surface area contributed by atoms with Gasteiger partial charge in [-0.15, -0.1) is 11.8 Å². The quantitative estimate of drug-likeness (QED) is 0.812. The van der Waals surface area contributed by atoms with Crippen LogP contribution in [-0.4, -0.2) is 10.4 Å². The summed E-state index contributed by atoms with van der Waals surface area (Å²) >= 11 is 1.72. The fourth-order valence-electron chi connectivity index (χ4n) is 1.35. The number of nitriles is 1. The van der Waals surface area contributed by atoms with Gasteiger partial charge in [0.15, 0.2) is 0 Å². The third kappa shape index (κ3) is 3.26. The molecule has 0 saturated heterocycles. The lowest BCUT2D eigenvalue weighted by molar-refractivity contribution is 0.196. The molecule has 0 radical (unpaired) electrons. The Balaban J connectivity index is 3.06. The molecule has 0 amide bonds. The van der Waals surface area contributed by atoms with Crippen LogP contribution in [0.1, 0.15) is 44.4 Å². The zero-order chi connectivity index (χ0) is 12.1. The minimum Gasteiger partial charge on any atom is -0.389 e.